The number of carbonyl (C=O) groups is 3. The number of fused-ring (bicyclic) bond motifs is 3. The van der Waals surface area contributed by atoms with Gasteiger partial charge in [0.15, 0.2) is 5.82 Å². The molecule has 1 N–H and O–H groups in total. The van der Waals surface area contributed by atoms with Crippen molar-refractivity contribution in [3.8, 4) is 22.8 Å². The van der Waals surface area contributed by atoms with Crippen molar-refractivity contribution < 1.29 is 19.1 Å². The van der Waals surface area contributed by atoms with Crippen LogP contribution in [-0.2, 0) is 17.6 Å². The Labute approximate surface area is 286 Å². The highest BCUT2D eigenvalue weighted by Crippen LogP contribution is 2.47. The molecule has 0 bridgehead atoms. The normalized spacial score (nSPS) is 13.6. The van der Waals surface area contributed by atoms with Crippen LogP contribution in [0, 0.1) is 0 Å². The highest BCUT2D eigenvalue weighted by atomic mass is 32.2. The minimum absolute atomic E-state index is 0.135. The zero-order valence-electron chi connectivity index (χ0n) is 26.1. The van der Waals surface area contributed by atoms with E-state index in [0.717, 1.165) is 48.4 Å². The highest BCUT2D eigenvalue weighted by molar-refractivity contribution is 7.99. The summed E-state index contributed by atoms with van der Waals surface area (Å²) in [6.45, 7) is 0. The molecular formula is C40H28N4O4S. The maximum Gasteiger partial charge on any atom is 0.262 e. The van der Waals surface area contributed by atoms with E-state index in [1.807, 2.05) is 109 Å². The monoisotopic (exact) mass is 660 g/mol. The van der Waals surface area contributed by atoms with Gasteiger partial charge in [-0.3, -0.25) is 19.3 Å². The van der Waals surface area contributed by atoms with Gasteiger partial charge in [0.05, 0.1) is 26.6 Å². The molecule has 0 radical (unpaired) electrons. The van der Waals surface area contributed by atoms with Crippen LogP contribution in [0.5, 0.6) is 11.5 Å². The molecular weight excluding hydrogens is 633 g/mol. The number of anilines is 1. The van der Waals surface area contributed by atoms with Gasteiger partial charge in [0, 0.05) is 24.0 Å². The average Bonchev–Trinajstić information content (AvgIpc) is 3.39. The summed E-state index contributed by atoms with van der Waals surface area (Å²) in [7, 11) is 0. The lowest BCUT2D eigenvalue weighted by Crippen LogP contribution is -2.48. The van der Waals surface area contributed by atoms with Crippen molar-refractivity contribution in [3.63, 3.8) is 0 Å². The van der Waals surface area contributed by atoms with E-state index in [-0.39, 0.29) is 23.4 Å². The van der Waals surface area contributed by atoms with Crippen molar-refractivity contribution >= 4 is 35.3 Å². The van der Waals surface area contributed by atoms with Crippen molar-refractivity contribution in [1.82, 2.24) is 15.1 Å². The maximum absolute atomic E-state index is 14.2. The Morgan fingerprint density at radius 2 is 1.33 bits per heavy atom. The van der Waals surface area contributed by atoms with Gasteiger partial charge in [-0.1, -0.05) is 96.7 Å². The fraction of sp³-hybridized carbons (Fsp3) is 0.0750. The molecule has 0 saturated heterocycles. The Morgan fingerprint density at radius 3 is 2.06 bits per heavy atom. The largest absolute Gasteiger partial charge is 0.455 e. The Balaban J connectivity index is 1.14. The number of imide groups is 1. The Bertz CT molecular complexity index is 2210. The zero-order chi connectivity index (χ0) is 33.3. The molecule has 3 heterocycles. The minimum atomic E-state index is -1.12. The van der Waals surface area contributed by atoms with Crippen LogP contribution in [0.2, 0.25) is 0 Å². The topological polar surface area (TPSA) is 101 Å². The van der Waals surface area contributed by atoms with Gasteiger partial charge in [-0.25, -0.2) is 0 Å². The number of carbonyl (C=O) groups excluding carboxylic acids is 3. The molecule has 0 aliphatic carbocycles. The summed E-state index contributed by atoms with van der Waals surface area (Å²) in [4.78, 5) is 44.4. The Kier molecular flexibility index (Phi) is 7.95. The first-order valence-electron chi connectivity index (χ1n) is 15.8. The lowest BCUT2D eigenvalue weighted by Gasteiger charge is -2.26. The fourth-order valence-corrected chi connectivity index (χ4v) is 7.13. The van der Waals surface area contributed by atoms with E-state index in [1.165, 1.54) is 0 Å². The summed E-state index contributed by atoms with van der Waals surface area (Å²) in [6.07, 6.45) is 0.598. The predicted octanol–water partition coefficient (Wildman–Crippen LogP) is 7.84. The molecule has 49 heavy (non-hydrogen) atoms. The Morgan fingerprint density at radius 1 is 0.694 bits per heavy atom. The number of benzene rings is 5. The lowest BCUT2D eigenvalue weighted by atomic mass is 10.0. The molecule has 8 nitrogen and oxygen atoms in total. The molecule has 2 aliphatic heterocycles. The quantitative estimate of drug-likeness (QED) is 0.166. The van der Waals surface area contributed by atoms with Crippen molar-refractivity contribution in [2.75, 3.05) is 5.32 Å². The Hall–Kier alpha value is -6.06. The summed E-state index contributed by atoms with van der Waals surface area (Å²) >= 11 is 1.63. The van der Waals surface area contributed by atoms with Crippen LogP contribution in [0.1, 0.15) is 37.4 Å². The van der Waals surface area contributed by atoms with Gasteiger partial charge in [-0.2, -0.15) is 0 Å². The molecule has 238 valence electrons. The number of aromatic nitrogens is 2. The zero-order valence-corrected chi connectivity index (χ0v) is 26.9. The van der Waals surface area contributed by atoms with Crippen LogP contribution in [0.3, 0.4) is 0 Å². The van der Waals surface area contributed by atoms with Gasteiger partial charge in [0.2, 0.25) is 5.91 Å². The van der Waals surface area contributed by atoms with Crippen molar-refractivity contribution in [2.24, 2.45) is 0 Å². The first-order valence-corrected chi connectivity index (χ1v) is 16.6. The third-order valence-electron chi connectivity index (χ3n) is 8.59. The second-order valence-electron chi connectivity index (χ2n) is 11.8. The van der Waals surface area contributed by atoms with Gasteiger partial charge >= 0.3 is 0 Å². The predicted molar refractivity (Wildman–Crippen MR) is 187 cm³/mol. The number of hydrogen-bond donors (Lipinski definition) is 1. The highest BCUT2D eigenvalue weighted by Gasteiger charge is 2.43. The third kappa shape index (κ3) is 5.96. The summed E-state index contributed by atoms with van der Waals surface area (Å²) in [5.41, 5.74) is 4.60. The number of hydrogen-bond acceptors (Lipinski definition) is 7. The summed E-state index contributed by atoms with van der Waals surface area (Å²) < 4.78 is 6.12. The number of nitrogens with one attached hydrogen (secondary N) is 1. The van der Waals surface area contributed by atoms with E-state index in [9.17, 15) is 14.4 Å². The van der Waals surface area contributed by atoms with Crippen molar-refractivity contribution in [2.45, 2.75) is 28.7 Å². The van der Waals surface area contributed by atoms with Crippen LogP contribution >= 0.6 is 11.8 Å². The molecule has 0 saturated carbocycles. The molecule has 1 unspecified atom stereocenters. The van der Waals surface area contributed by atoms with Gasteiger partial charge in [0.25, 0.3) is 11.8 Å². The van der Waals surface area contributed by atoms with E-state index < -0.39 is 23.8 Å². The van der Waals surface area contributed by atoms with Crippen LogP contribution in [0.25, 0.3) is 11.3 Å². The summed E-state index contributed by atoms with van der Waals surface area (Å²) in [5.74, 6) is 0.322. The molecule has 2 aliphatic rings. The number of ether oxygens (including phenoxy) is 1. The maximum atomic E-state index is 14.2. The van der Waals surface area contributed by atoms with E-state index in [2.05, 4.69) is 15.5 Å². The van der Waals surface area contributed by atoms with Crippen molar-refractivity contribution in [3.05, 3.63) is 161 Å². The van der Waals surface area contributed by atoms with Crippen LogP contribution in [0.15, 0.2) is 143 Å². The average molecular weight is 661 g/mol. The summed E-state index contributed by atoms with van der Waals surface area (Å²) in [5, 5.41) is 12.0. The summed E-state index contributed by atoms with van der Waals surface area (Å²) in [6, 6.07) is 40.5. The van der Waals surface area contributed by atoms with Crippen LogP contribution in [0.4, 0.5) is 5.82 Å². The first-order chi connectivity index (χ1) is 24.0. The SMILES string of the molecule is O=C(Nc1nnc(-c2ccc3c(c2)Sc2ccccc2O3)cc1Cc1ccccc1)C(Cc1ccccc1)N1C(=O)c2ccccc2C1=O. The number of para-hydroxylation sites is 1. The van der Waals surface area contributed by atoms with Gasteiger partial charge < -0.3 is 10.1 Å². The molecule has 9 heteroatoms. The van der Waals surface area contributed by atoms with Gasteiger partial charge in [0.1, 0.15) is 17.5 Å². The smallest absolute Gasteiger partial charge is 0.262 e. The number of amides is 3. The van der Waals surface area contributed by atoms with Gasteiger partial charge in [-0.15, -0.1) is 10.2 Å². The second-order valence-corrected chi connectivity index (χ2v) is 12.9. The van der Waals surface area contributed by atoms with E-state index in [4.69, 9.17) is 4.74 Å². The second kappa shape index (κ2) is 12.9. The van der Waals surface area contributed by atoms with E-state index in [1.54, 1.807) is 36.0 Å². The minimum Gasteiger partial charge on any atom is -0.455 e. The molecule has 1 atom stereocenters. The van der Waals surface area contributed by atoms with Crippen LogP contribution in [-0.4, -0.2) is 38.9 Å². The first kappa shape index (κ1) is 30.3. The van der Waals surface area contributed by atoms with E-state index in [0.29, 0.717) is 12.1 Å². The molecule has 1 aromatic heterocycles. The molecule has 0 spiro atoms. The lowest BCUT2D eigenvalue weighted by molar-refractivity contribution is -0.120. The molecule has 0 fully saturated rings. The van der Waals surface area contributed by atoms with E-state index >= 15 is 0 Å². The van der Waals surface area contributed by atoms with Gasteiger partial charge in [-0.05, 0) is 59.7 Å². The molecule has 5 aromatic carbocycles. The number of nitrogens with zero attached hydrogens (tertiary/aromatic N) is 3. The molecule has 3 amide bonds. The standard InChI is InChI=1S/C40H28N4O4S/c45-38(32(22-26-13-5-2-6-14-26)44-39(46)29-15-7-8-16-30(29)40(44)47)41-37-28(21-25-11-3-1-4-12-25)23-31(42-43-37)27-19-20-34-36(24-27)49-35-18-10-9-17-33(35)48-34/h1-20,23-24,32H,21-22H2,(H,41,43,45). The molecule has 6 aromatic rings. The van der Waals surface area contributed by atoms with Crippen molar-refractivity contribution in [1.29, 1.82) is 0 Å². The van der Waals surface area contributed by atoms with Crippen LogP contribution < -0.4 is 10.1 Å². The number of rotatable bonds is 8. The molecule has 8 rings (SSSR count). The fourth-order valence-electron chi connectivity index (χ4n) is 6.14. The third-order valence-corrected chi connectivity index (χ3v) is 9.69.